The van der Waals surface area contributed by atoms with Crippen molar-refractivity contribution in [2.75, 3.05) is 0 Å². The van der Waals surface area contributed by atoms with Gasteiger partial charge >= 0.3 is 0 Å². The predicted molar refractivity (Wildman–Crippen MR) is 64.8 cm³/mol. The fraction of sp³-hybridized carbons (Fsp3) is 1.00. The smallest absolute Gasteiger partial charge is 0.0826 e. The van der Waals surface area contributed by atoms with Gasteiger partial charge in [-0.3, -0.25) is 0 Å². The minimum Gasteiger partial charge on any atom is -0.390 e. The number of hydrogen-bond acceptors (Lipinski definition) is 2. The quantitative estimate of drug-likeness (QED) is 0.581. The summed E-state index contributed by atoms with van der Waals surface area (Å²) in [6.07, 6.45) is 6.24. The molecule has 2 nitrogen and oxygen atoms in total. The van der Waals surface area contributed by atoms with Crippen molar-refractivity contribution in [3.05, 3.63) is 0 Å². The Balaban J connectivity index is 3.71. The molecular weight excluding hydrogens is 188 g/mol. The van der Waals surface area contributed by atoms with Crippen molar-refractivity contribution in [3.8, 4) is 0 Å². The topological polar surface area (TPSA) is 40.5 Å². The molecule has 0 aliphatic carbocycles. The van der Waals surface area contributed by atoms with Crippen LogP contribution in [0.15, 0.2) is 0 Å². The summed E-state index contributed by atoms with van der Waals surface area (Å²) in [7, 11) is 0. The van der Waals surface area contributed by atoms with Gasteiger partial charge in [0.05, 0.1) is 12.2 Å². The molecule has 0 fully saturated rings. The van der Waals surface area contributed by atoms with Crippen LogP contribution in [0.4, 0.5) is 0 Å². The number of aliphatic hydroxyl groups is 2. The first-order valence-electron chi connectivity index (χ1n) is 6.53. The van der Waals surface area contributed by atoms with Gasteiger partial charge in [0.2, 0.25) is 0 Å². The van der Waals surface area contributed by atoms with E-state index < -0.39 is 12.2 Å². The number of hydrogen-bond donors (Lipinski definition) is 2. The SMILES string of the molecule is CCCCCCC(O)C(O)C(CC)CC. The maximum absolute atomic E-state index is 9.88. The molecule has 0 radical (unpaired) electrons. The molecule has 2 unspecified atom stereocenters. The molecule has 0 saturated carbocycles. The molecule has 0 aromatic carbocycles. The summed E-state index contributed by atoms with van der Waals surface area (Å²) >= 11 is 0. The highest BCUT2D eigenvalue weighted by Crippen LogP contribution is 2.19. The Morgan fingerprint density at radius 2 is 1.47 bits per heavy atom. The zero-order valence-electron chi connectivity index (χ0n) is 10.6. The van der Waals surface area contributed by atoms with E-state index in [1.165, 1.54) is 19.3 Å². The van der Waals surface area contributed by atoms with Gasteiger partial charge in [-0.15, -0.1) is 0 Å². The van der Waals surface area contributed by atoms with Crippen molar-refractivity contribution in [1.82, 2.24) is 0 Å². The summed E-state index contributed by atoms with van der Waals surface area (Å²) in [5.74, 6) is 0.256. The monoisotopic (exact) mass is 216 g/mol. The molecule has 0 aromatic heterocycles. The standard InChI is InChI=1S/C13H28O2/c1-4-7-8-9-10-12(14)13(15)11(5-2)6-3/h11-15H,4-10H2,1-3H3. The largest absolute Gasteiger partial charge is 0.390 e. The van der Waals surface area contributed by atoms with Crippen LogP contribution in [-0.2, 0) is 0 Å². The highest BCUT2D eigenvalue weighted by atomic mass is 16.3. The maximum atomic E-state index is 9.88. The highest BCUT2D eigenvalue weighted by Gasteiger charge is 2.22. The number of unbranched alkanes of at least 4 members (excludes halogenated alkanes) is 3. The van der Waals surface area contributed by atoms with Gasteiger partial charge in [0.15, 0.2) is 0 Å². The Kier molecular flexibility index (Phi) is 9.12. The van der Waals surface area contributed by atoms with E-state index in [4.69, 9.17) is 0 Å². The zero-order valence-corrected chi connectivity index (χ0v) is 10.6. The second-order valence-electron chi connectivity index (χ2n) is 4.48. The van der Waals surface area contributed by atoms with Crippen molar-refractivity contribution in [2.45, 2.75) is 77.9 Å². The molecule has 92 valence electrons. The van der Waals surface area contributed by atoms with Gasteiger partial charge in [-0.05, 0) is 12.3 Å². The highest BCUT2D eigenvalue weighted by molar-refractivity contribution is 4.74. The lowest BCUT2D eigenvalue weighted by Crippen LogP contribution is -2.32. The summed E-state index contributed by atoms with van der Waals surface area (Å²) < 4.78 is 0. The minimum atomic E-state index is -0.526. The average molecular weight is 216 g/mol. The van der Waals surface area contributed by atoms with Crippen molar-refractivity contribution in [1.29, 1.82) is 0 Å². The summed E-state index contributed by atoms with van der Waals surface area (Å²) in [6, 6.07) is 0. The summed E-state index contributed by atoms with van der Waals surface area (Å²) in [6.45, 7) is 6.32. The van der Waals surface area contributed by atoms with Crippen molar-refractivity contribution < 1.29 is 10.2 Å². The van der Waals surface area contributed by atoms with Gasteiger partial charge in [-0.2, -0.15) is 0 Å². The molecule has 0 aliphatic rings. The minimum absolute atomic E-state index is 0.256. The van der Waals surface area contributed by atoms with Gasteiger partial charge in [-0.1, -0.05) is 59.3 Å². The number of aliphatic hydroxyl groups excluding tert-OH is 2. The van der Waals surface area contributed by atoms with E-state index >= 15 is 0 Å². The van der Waals surface area contributed by atoms with Crippen LogP contribution >= 0.6 is 0 Å². The van der Waals surface area contributed by atoms with Crippen molar-refractivity contribution in [3.63, 3.8) is 0 Å². The first-order chi connectivity index (χ1) is 7.17. The molecule has 0 heterocycles. The summed E-state index contributed by atoms with van der Waals surface area (Å²) in [4.78, 5) is 0. The van der Waals surface area contributed by atoms with E-state index in [-0.39, 0.29) is 5.92 Å². The van der Waals surface area contributed by atoms with Crippen LogP contribution in [0.1, 0.15) is 65.7 Å². The second kappa shape index (κ2) is 9.17. The fourth-order valence-corrected chi connectivity index (χ4v) is 2.04. The molecule has 2 N–H and O–H groups in total. The van der Waals surface area contributed by atoms with Crippen LogP contribution in [0.5, 0.6) is 0 Å². The molecule has 0 spiro atoms. The third-order valence-corrected chi connectivity index (χ3v) is 3.28. The molecule has 0 aliphatic heterocycles. The molecule has 0 rings (SSSR count). The van der Waals surface area contributed by atoms with E-state index in [0.29, 0.717) is 0 Å². The van der Waals surface area contributed by atoms with E-state index in [1.807, 2.05) is 0 Å². The van der Waals surface area contributed by atoms with Crippen molar-refractivity contribution >= 4 is 0 Å². The first-order valence-corrected chi connectivity index (χ1v) is 6.53. The van der Waals surface area contributed by atoms with E-state index in [1.54, 1.807) is 0 Å². The van der Waals surface area contributed by atoms with Gasteiger partial charge in [0.25, 0.3) is 0 Å². The van der Waals surface area contributed by atoms with Crippen LogP contribution in [0, 0.1) is 5.92 Å². The summed E-state index contributed by atoms with van der Waals surface area (Å²) in [5.41, 5.74) is 0. The Morgan fingerprint density at radius 3 is 1.93 bits per heavy atom. The van der Waals surface area contributed by atoms with E-state index in [0.717, 1.165) is 25.7 Å². The zero-order chi connectivity index (χ0) is 11.7. The fourth-order valence-electron chi connectivity index (χ4n) is 2.04. The molecule has 0 saturated heterocycles. The predicted octanol–water partition coefficient (Wildman–Crippen LogP) is 3.11. The molecule has 2 atom stereocenters. The lowest BCUT2D eigenvalue weighted by atomic mass is 9.90. The van der Waals surface area contributed by atoms with E-state index in [9.17, 15) is 10.2 Å². The van der Waals surface area contributed by atoms with Crippen LogP contribution in [0.3, 0.4) is 0 Å². The Hall–Kier alpha value is -0.0800. The van der Waals surface area contributed by atoms with Crippen molar-refractivity contribution in [2.24, 2.45) is 5.92 Å². The van der Waals surface area contributed by atoms with E-state index in [2.05, 4.69) is 20.8 Å². The summed E-state index contributed by atoms with van der Waals surface area (Å²) in [5, 5.41) is 19.7. The molecule has 0 bridgehead atoms. The Morgan fingerprint density at radius 1 is 0.867 bits per heavy atom. The molecule has 15 heavy (non-hydrogen) atoms. The Bertz CT molecular complexity index is 132. The van der Waals surface area contributed by atoms with Crippen LogP contribution in [-0.4, -0.2) is 22.4 Å². The lowest BCUT2D eigenvalue weighted by Gasteiger charge is -2.25. The van der Waals surface area contributed by atoms with Crippen LogP contribution in [0.25, 0.3) is 0 Å². The second-order valence-corrected chi connectivity index (χ2v) is 4.48. The van der Waals surface area contributed by atoms with Gasteiger partial charge in [0.1, 0.15) is 0 Å². The van der Waals surface area contributed by atoms with Gasteiger partial charge < -0.3 is 10.2 Å². The molecule has 2 heteroatoms. The van der Waals surface area contributed by atoms with Gasteiger partial charge in [-0.25, -0.2) is 0 Å². The molecular formula is C13H28O2. The number of rotatable bonds is 9. The lowest BCUT2D eigenvalue weighted by molar-refractivity contribution is -0.0242. The third-order valence-electron chi connectivity index (χ3n) is 3.28. The molecule has 0 amide bonds. The maximum Gasteiger partial charge on any atom is 0.0826 e. The average Bonchev–Trinajstić information content (AvgIpc) is 2.25. The van der Waals surface area contributed by atoms with Gasteiger partial charge in [0, 0.05) is 0 Å². The molecule has 0 aromatic rings. The first kappa shape index (κ1) is 14.9. The normalized spacial score (nSPS) is 15.6. The Labute approximate surface area is 94.7 Å². The van der Waals surface area contributed by atoms with Crippen LogP contribution < -0.4 is 0 Å². The van der Waals surface area contributed by atoms with Crippen LogP contribution in [0.2, 0.25) is 0 Å². The third kappa shape index (κ3) is 6.16.